The second kappa shape index (κ2) is 5.89. The summed E-state index contributed by atoms with van der Waals surface area (Å²) in [5.41, 5.74) is 2.85. The van der Waals surface area contributed by atoms with Gasteiger partial charge in [0, 0.05) is 12.1 Å². The van der Waals surface area contributed by atoms with E-state index in [0.29, 0.717) is 0 Å². The van der Waals surface area contributed by atoms with Gasteiger partial charge in [-0.05, 0) is 50.8 Å². The monoisotopic (exact) mass is 256 g/mol. The summed E-state index contributed by atoms with van der Waals surface area (Å²) in [5, 5.41) is 7.25. The van der Waals surface area contributed by atoms with Crippen LogP contribution >= 0.6 is 0 Å². The molecule has 3 rings (SSSR count). The predicted octanol–water partition coefficient (Wildman–Crippen LogP) is 2.82. The molecule has 0 amide bonds. The van der Waals surface area contributed by atoms with E-state index in [1.54, 1.807) is 0 Å². The normalized spacial score (nSPS) is 28.4. The van der Waals surface area contributed by atoms with Crippen molar-refractivity contribution in [2.75, 3.05) is 13.1 Å². The molecule has 1 saturated heterocycles. The van der Waals surface area contributed by atoms with Crippen molar-refractivity contribution in [1.82, 2.24) is 10.6 Å². The Hall–Kier alpha value is -1.12. The summed E-state index contributed by atoms with van der Waals surface area (Å²) >= 11 is 0. The maximum absolute atomic E-state index is 3.83. The topological polar surface area (TPSA) is 24.1 Å². The van der Waals surface area contributed by atoms with Crippen LogP contribution in [0.25, 0.3) is 6.08 Å². The van der Waals surface area contributed by atoms with E-state index < -0.39 is 0 Å². The van der Waals surface area contributed by atoms with Crippen LogP contribution < -0.4 is 10.6 Å². The third-order valence-corrected chi connectivity index (χ3v) is 4.36. The Balaban J connectivity index is 1.52. The quantitative estimate of drug-likeness (QED) is 0.865. The highest BCUT2D eigenvalue weighted by atomic mass is 15.0. The van der Waals surface area contributed by atoms with Crippen molar-refractivity contribution in [1.29, 1.82) is 0 Å². The molecule has 102 valence electrons. The third-order valence-electron chi connectivity index (χ3n) is 4.36. The van der Waals surface area contributed by atoms with Crippen LogP contribution in [0.2, 0.25) is 0 Å². The summed E-state index contributed by atoms with van der Waals surface area (Å²) in [6.45, 7) is 4.63. The standard InChI is InChI=1S/C17H24N2/c1-13(11-14-5-3-2-4-6-14)16-12-17(16)19-15-7-9-18-10-8-15/h2-6,11,15-19H,7-10,12H2,1H3. The molecule has 1 saturated carbocycles. The van der Waals surface area contributed by atoms with Crippen molar-refractivity contribution in [3.8, 4) is 0 Å². The van der Waals surface area contributed by atoms with Gasteiger partial charge in [0.1, 0.15) is 0 Å². The van der Waals surface area contributed by atoms with E-state index in [4.69, 9.17) is 0 Å². The van der Waals surface area contributed by atoms with E-state index in [9.17, 15) is 0 Å². The van der Waals surface area contributed by atoms with Gasteiger partial charge in [0.05, 0.1) is 0 Å². The summed E-state index contributed by atoms with van der Waals surface area (Å²) in [5.74, 6) is 0.759. The predicted molar refractivity (Wildman–Crippen MR) is 81.0 cm³/mol. The minimum absolute atomic E-state index is 0.725. The Kier molecular flexibility index (Phi) is 4.00. The highest BCUT2D eigenvalue weighted by Gasteiger charge is 2.39. The zero-order valence-corrected chi connectivity index (χ0v) is 11.7. The van der Waals surface area contributed by atoms with Crippen LogP contribution in [0, 0.1) is 5.92 Å². The van der Waals surface area contributed by atoms with Crippen LogP contribution in [0.5, 0.6) is 0 Å². The second-order valence-corrected chi connectivity index (χ2v) is 5.94. The lowest BCUT2D eigenvalue weighted by Crippen LogP contribution is -2.41. The molecule has 2 aliphatic rings. The lowest BCUT2D eigenvalue weighted by Gasteiger charge is -2.24. The zero-order valence-electron chi connectivity index (χ0n) is 11.7. The largest absolute Gasteiger partial charge is 0.317 e. The number of hydrogen-bond acceptors (Lipinski definition) is 2. The van der Waals surface area contributed by atoms with Crippen LogP contribution in [-0.2, 0) is 0 Å². The fourth-order valence-electron chi connectivity index (χ4n) is 3.09. The molecule has 0 radical (unpaired) electrons. The molecule has 1 aliphatic heterocycles. The van der Waals surface area contributed by atoms with Gasteiger partial charge in [-0.25, -0.2) is 0 Å². The molecule has 2 nitrogen and oxygen atoms in total. The van der Waals surface area contributed by atoms with Crippen LogP contribution in [0.15, 0.2) is 35.9 Å². The zero-order chi connectivity index (χ0) is 13.1. The molecule has 19 heavy (non-hydrogen) atoms. The van der Waals surface area contributed by atoms with Gasteiger partial charge >= 0.3 is 0 Å². The summed E-state index contributed by atoms with van der Waals surface area (Å²) in [4.78, 5) is 0. The molecule has 1 heterocycles. The van der Waals surface area contributed by atoms with Gasteiger partial charge in [-0.15, -0.1) is 0 Å². The number of hydrogen-bond donors (Lipinski definition) is 2. The molecule has 0 aromatic heterocycles. The lowest BCUT2D eigenvalue weighted by atomic mass is 10.1. The molecule has 2 heteroatoms. The lowest BCUT2D eigenvalue weighted by molar-refractivity contribution is 0.381. The molecule has 2 fully saturated rings. The van der Waals surface area contributed by atoms with Gasteiger partial charge in [0.15, 0.2) is 0 Å². The van der Waals surface area contributed by atoms with Gasteiger partial charge in [-0.3, -0.25) is 0 Å². The second-order valence-electron chi connectivity index (χ2n) is 5.94. The van der Waals surface area contributed by atoms with Crippen molar-refractivity contribution in [2.45, 2.75) is 38.3 Å². The molecule has 0 bridgehead atoms. The van der Waals surface area contributed by atoms with Crippen molar-refractivity contribution >= 4 is 6.08 Å². The summed E-state index contributed by atoms with van der Waals surface area (Å²) in [6.07, 6.45) is 6.23. The van der Waals surface area contributed by atoms with Crippen LogP contribution in [0.4, 0.5) is 0 Å². The first-order valence-electron chi connectivity index (χ1n) is 7.53. The smallest absolute Gasteiger partial charge is 0.0142 e. The van der Waals surface area contributed by atoms with Crippen molar-refractivity contribution in [3.05, 3.63) is 41.5 Å². The number of piperidine rings is 1. The van der Waals surface area contributed by atoms with Crippen LogP contribution in [0.1, 0.15) is 31.7 Å². The van der Waals surface area contributed by atoms with E-state index in [1.807, 2.05) is 0 Å². The molecular weight excluding hydrogens is 232 g/mol. The third kappa shape index (κ3) is 3.46. The maximum Gasteiger partial charge on any atom is 0.0142 e. The van der Waals surface area contributed by atoms with Gasteiger partial charge in [-0.2, -0.15) is 0 Å². The molecule has 1 aromatic rings. The Morgan fingerprint density at radius 2 is 1.95 bits per heavy atom. The fourth-order valence-corrected chi connectivity index (χ4v) is 3.09. The molecule has 2 unspecified atom stereocenters. The number of benzene rings is 1. The van der Waals surface area contributed by atoms with Gasteiger partial charge in [0.25, 0.3) is 0 Å². The minimum atomic E-state index is 0.725. The van der Waals surface area contributed by atoms with Gasteiger partial charge in [0.2, 0.25) is 0 Å². The van der Waals surface area contributed by atoms with Gasteiger partial charge in [-0.1, -0.05) is 42.0 Å². The van der Waals surface area contributed by atoms with E-state index in [-0.39, 0.29) is 0 Å². The Morgan fingerprint density at radius 3 is 2.68 bits per heavy atom. The summed E-state index contributed by atoms with van der Waals surface area (Å²) in [7, 11) is 0. The Bertz CT molecular complexity index is 432. The van der Waals surface area contributed by atoms with E-state index in [1.165, 1.54) is 43.5 Å². The number of nitrogens with one attached hydrogen (secondary N) is 2. The SMILES string of the molecule is CC(=Cc1ccccc1)C1CC1NC1CCNCC1. The number of rotatable bonds is 4. The Labute approximate surface area is 116 Å². The average molecular weight is 256 g/mol. The maximum atomic E-state index is 3.83. The van der Waals surface area contributed by atoms with Crippen LogP contribution in [0.3, 0.4) is 0 Å². The molecule has 2 N–H and O–H groups in total. The first-order chi connectivity index (χ1) is 9.33. The minimum Gasteiger partial charge on any atom is -0.317 e. The van der Waals surface area contributed by atoms with E-state index in [2.05, 4.69) is 54.0 Å². The molecule has 0 spiro atoms. The average Bonchev–Trinajstić information content (AvgIpc) is 3.20. The highest BCUT2D eigenvalue weighted by molar-refractivity contribution is 5.53. The van der Waals surface area contributed by atoms with Crippen molar-refractivity contribution in [2.24, 2.45) is 5.92 Å². The van der Waals surface area contributed by atoms with E-state index in [0.717, 1.165) is 18.0 Å². The highest BCUT2D eigenvalue weighted by Crippen LogP contribution is 2.38. The summed E-state index contributed by atoms with van der Waals surface area (Å²) < 4.78 is 0. The van der Waals surface area contributed by atoms with Gasteiger partial charge < -0.3 is 10.6 Å². The van der Waals surface area contributed by atoms with Crippen molar-refractivity contribution < 1.29 is 0 Å². The molecular formula is C17H24N2. The van der Waals surface area contributed by atoms with E-state index >= 15 is 0 Å². The first kappa shape index (κ1) is 12.9. The van der Waals surface area contributed by atoms with Crippen molar-refractivity contribution in [3.63, 3.8) is 0 Å². The first-order valence-corrected chi connectivity index (χ1v) is 7.53. The fraction of sp³-hybridized carbons (Fsp3) is 0.529. The molecule has 2 atom stereocenters. The Morgan fingerprint density at radius 1 is 1.21 bits per heavy atom. The molecule has 1 aromatic carbocycles. The van der Waals surface area contributed by atoms with Crippen LogP contribution in [-0.4, -0.2) is 25.2 Å². The summed E-state index contributed by atoms with van der Waals surface area (Å²) in [6, 6.07) is 12.1. The molecule has 1 aliphatic carbocycles.